The second-order valence-electron chi connectivity index (χ2n) is 14.0. The van der Waals surface area contributed by atoms with Gasteiger partial charge in [0.1, 0.15) is 6.23 Å². The molecule has 3 rings (SSSR count). The molecule has 1 saturated carbocycles. The number of rotatable bonds is 9. The first-order valence-corrected chi connectivity index (χ1v) is 14.0. The Kier molecular flexibility index (Phi) is 9.19. The fraction of sp³-hybridized carbons (Fsp3) is 0.710. The molecule has 6 heteroatoms. The van der Waals surface area contributed by atoms with Gasteiger partial charge in [-0.15, -0.1) is 0 Å². The summed E-state index contributed by atoms with van der Waals surface area (Å²) >= 11 is 0. The molecule has 0 saturated heterocycles. The van der Waals surface area contributed by atoms with Gasteiger partial charge >= 0.3 is 0 Å². The summed E-state index contributed by atoms with van der Waals surface area (Å²) in [6.45, 7) is 20.4. The summed E-state index contributed by atoms with van der Waals surface area (Å²) in [5.41, 5.74) is 4.01. The Labute approximate surface area is 224 Å². The van der Waals surface area contributed by atoms with Gasteiger partial charge in [0, 0.05) is 47.1 Å². The average Bonchev–Trinajstić information content (AvgIpc) is 3.11. The second kappa shape index (κ2) is 11.5. The Bertz CT molecular complexity index is 1030. The van der Waals surface area contributed by atoms with E-state index in [1.165, 1.54) is 32.1 Å². The number of ether oxygens (including phenoxy) is 1. The van der Waals surface area contributed by atoms with Crippen LogP contribution in [0.3, 0.4) is 0 Å². The number of aliphatic hydroxyl groups excluding tert-OH is 1. The van der Waals surface area contributed by atoms with Crippen molar-refractivity contribution in [2.24, 2.45) is 11.3 Å². The van der Waals surface area contributed by atoms with E-state index in [-0.39, 0.29) is 10.8 Å². The van der Waals surface area contributed by atoms with E-state index in [9.17, 15) is 10.2 Å². The Morgan fingerprint density at radius 2 is 1.68 bits per heavy atom. The zero-order chi connectivity index (χ0) is 27.6. The van der Waals surface area contributed by atoms with Crippen LogP contribution in [0.15, 0.2) is 18.2 Å². The highest BCUT2D eigenvalue weighted by molar-refractivity contribution is 5.65. The van der Waals surface area contributed by atoms with Gasteiger partial charge in [0.15, 0.2) is 0 Å². The number of nitrogens with one attached hydrogen (secondary N) is 1. The minimum Gasteiger partial charge on any atom is -0.477 e. The molecule has 0 aliphatic heterocycles. The molecule has 2 aromatic rings. The van der Waals surface area contributed by atoms with Gasteiger partial charge in [-0.1, -0.05) is 60.8 Å². The monoisotopic (exact) mass is 513 g/mol. The molecule has 0 amide bonds. The van der Waals surface area contributed by atoms with E-state index in [0.717, 1.165) is 34.8 Å². The maximum absolute atomic E-state index is 11.1. The smallest absolute Gasteiger partial charge is 0.214 e. The van der Waals surface area contributed by atoms with Gasteiger partial charge in [0.25, 0.3) is 0 Å². The molecule has 0 aromatic carbocycles. The second-order valence-corrected chi connectivity index (χ2v) is 14.0. The summed E-state index contributed by atoms with van der Waals surface area (Å²) in [7, 11) is 0. The van der Waals surface area contributed by atoms with Crippen LogP contribution in [0.2, 0.25) is 0 Å². The van der Waals surface area contributed by atoms with Crippen LogP contribution < -0.4 is 10.1 Å². The molecule has 2 aromatic heterocycles. The number of pyridine rings is 1. The Morgan fingerprint density at radius 1 is 1.03 bits per heavy atom. The van der Waals surface area contributed by atoms with E-state index in [4.69, 9.17) is 9.72 Å². The van der Waals surface area contributed by atoms with Crippen LogP contribution >= 0.6 is 0 Å². The highest BCUT2D eigenvalue weighted by atomic mass is 16.5. The topological polar surface area (TPSA) is 79.5 Å². The van der Waals surface area contributed by atoms with Gasteiger partial charge < -0.3 is 19.5 Å². The minimum atomic E-state index is -0.908. The standard InChI is InChI=1S/C31H51N3O3/c1-21-24(28(35)32-19-31(8,9)36)17-25(34(21)18-22-13-11-10-12-14-22)23-15-26(30(5,6)7)33-27(16-23)37-20-29(2,3)4/h15-17,22,28,32,35-36H,10-14,18-20H2,1-9H3. The fourth-order valence-corrected chi connectivity index (χ4v) is 4.90. The van der Waals surface area contributed by atoms with Crippen molar-refractivity contribution in [3.8, 4) is 17.1 Å². The molecule has 3 N–H and O–H groups in total. The average molecular weight is 514 g/mol. The molecule has 1 aliphatic carbocycles. The summed E-state index contributed by atoms with van der Waals surface area (Å²) in [4.78, 5) is 4.88. The maximum Gasteiger partial charge on any atom is 0.214 e. The molecule has 208 valence electrons. The Morgan fingerprint density at radius 3 is 2.24 bits per heavy atom. The van der Waals surface area contributed by atoms with Crippen molar-refractivity contribution in [3.05, 3.63) is 35.2 Å². The largest absolute Gasteiger partial charge is 0.477 e. The summed E-state index contributed by atoms with van der Waals surface area (Å²) in [6.07, 6.45) is 5.53. The Balaban J connectivity index is 2.08. The van der Waals surface area contributed by atoms with Crippen LogP contribution in [0.5, 0.6) is 5.88 Å². The third kappa shape index (κ3) is 8.56. The predicted molar refractivity (Wildman–Crippen MR) is 152 cm³/mol. The molecule has 1 atom stereocenters. The lowest BCUT2D eigenvalue weighted by Gasteiger charge is -2.25. The molecular weight excluding hydrogens is 462 g/mol. The van der Waals surface area contributed by atoms with Crippen LogP contribution in [0, 0.1) is 18.3 Å². The third-order valence-electron chi connectivity index (χ3n) is 7.11. The van der Waals surface area contributed by atoms with Crippen molar-refractivity contribution in [2.45, 2.75) is 118 Å². The van der Waals surface area contributed by atoms with E-state index < -0.39 is 11.8 Å². The van der Waals surface area contributed by atoms with Gasteiger partial charge in [0.2, 0.25) is 5.88 Å². The molecule has 37 heavy (non-hydrogen) atoms. The minimum absolute atomic E-state index is 0.0286. The molecule has 0 bridgehead atoms. The van der Waals surface area contributed by atoms with Crippen LogP contribution in [0.25, 0.3) is 11.3 Å². The van der Waals surface area contributed by atoms with Crippen molar-refractivity contribution in [1.82, 2.24) is 14.9 Å². The number of hydrogen-bond acceptors (Lipinski definition) is 5. The number of nitrogens with zero attached hydrogens (tertiary/aromatic N) is 2. The van der Waals surface area contributed by atoms with Gasteiger partial charge in [-0.05, 0) is 57.1 Å². The highest BCUT2D eigenvalue weighted by Crippen LogP contribution is 2.36. The van der Waals surface area contributed by atoms with Crippen LogP contribution in [-0.4, -0.2) is 38.5 Å². The number of aromatic nitrogens is 2. The number of aliphatic hydroxyl groups is 2. The first kappa shape index (κ1) is 29.7. The van der Waals surface area contributed by atoms with Crippen LogP contribution in [-0.2, 0) is 12.0 Å². The fourth-order valence-electron chi connectivity index (χ4n) is 4.90. The molecule has 6 nitrogen and oxygen atoms in total. The van der Waals surface area contributed by atoms with Crippen LogP contribution in [0.1, 0.15) is 111 Å². The maximum atomic E-state index is 11.1. The highest BCUT2D eigenvalue weighted by Gasteiger charge is 2.26. The van der Waals surface area contributed by atoms with Gasteiger partial charge in [-0.3, -0.25) is 5.32 Å². The molecular formula is C31H51N3O3. The first-order valence-electron chi connectivity index (χ1n) is 14.0. The Hall–Kier alpha value is -1.89. The molecule has 2 heterocycles. The van der Waals surface area contributed by atoms with Crippen molar-refractivity contribution in [3.63, 3.8) is 0 Å². The molecule has 1 unspecified atom stereocenters. The zero-order valence-electron chi connectivity index (χ0n) is 24.7. The van der Waals surface area contributed by atoms with Crippen molar-refractivity contribution < 1.29 is 14.9 Å². The summed E-state index contributed by atoms with van der Waals surface area (Å²) < 4.78 is 8.59. The lowest BCUT2D eigenvalue weighted by atomic mass is 9.89. The first-order chi connectivity index (χ1) is 17.0. The van der Waals surface area contributed by atoms with E-state index in [0.29, 0.717) is 24.9 Å². The SMILES string of the molecule is Cc1c(C(O)NCC(C)(C)O)cc(-c2cc(OCC(C)(C)C)nc(C(C)(C)C)c2)n1CC1CCCCC1. The van der Waals surface area contributed by atoms with Crippen LogP contribution in [0.4, 0.5) is 0 Å². The lowest BCUT2D eigenvalue weighted by molar-refractivity contribution is 0.0493. The summed E-state index contributed by atoms with van der Waals surface area (Å²) in [6, 6.07) is 6.33. The molecule has 1 fully saturated rings. The third-order valence-corrected chi connectivity index (χ3v) is 7.11. The number of hydrogen-bond donors (Lipinski definition) is 3. The van der Waals surface area contributed by atoms with E-state index >= 15 is 0 Å². The predicted octanol–water partition coefficient (Wildman–Crippen LogP) is 6.51. The van der Waals surface area contributed by atoms with Gasteiger partial charge in [-0.25, -0.2) is 4.98 Å². The molecule has 0 radical (unpaired) electrons. The lowest BCUT2D eigenvalue weighted by Crippen LogP contribution is -2.37. The van der Waals surface area contributed by atoms with Gasteiger partial charge in [-0.2, -0.15) is 0 Å². The van der Waals surface area contributed by atoms with E-state index in [1.807, 2.05) is 6.07 Å². The van der Waals surface area contributed by atoms with Crippen molar-refractivity contribution in [1.29, 1.82) is 0 Å². The summed E-state index contributed by atoms with van der Waals surface area (Å²) in [5.74, 6) is 1.27. The molecule has 1 aliphatic rings. The zero-order valence-corrected chi connectivity index (χ0v) is 24.7. The van der Waals surface area contributed by atoms with E-state index in [1.54, 1.807) is 13.8 Å². The quantitative estimate of drug-likeness (QED) is 0.333. The summed E-state index contributed by atoms with van der Waals surface area (Å²) in [5, 5.41) is 24.4. The van der Waals surface area contributed by atoms with Gasteiger partial charge in [0.05, 0.1) is 17.9 Å². The van der Waals surface area contributed by atoms with E-state index in [2.05, 4.69) is 70.5 Å². The van der Waals surface area contributed by atoms with Crippen molar-refractivity contribution in [2.75, 3.05) is 13.2 Å². The molecule has 0 spiro atoms. The van der Waals surface area contributed by atoms with Crippen molar-refractivity contribution >= 4 is 0 Å². The normalized spacial score (nSPS) is 16.7.